The minimum atomic E-state index is -0.680. The first kappa shape index (κ1) is 16.7. The van der Waals surface area contributed by atoms with Crippen molar-refractivity contribution < 1.29 is 14.3 Å². The number of hydrogen-bond donors (Lipinski definition) is 0. The van der Waals surface area contributed by atoms with Crippen molar-refractivity contribution in [2.45, 2.75) is 33.3 Å². The van der Waals surface area contributed by atoms with Crippen molar-refractivity contribution in [2.75, 3.05) is 0 Å². The molecular weight excluding hydrogens is 299 g/mol. The first-order valence-electron chi connectivity index (χ1n) is 6.02. The molecular formula is C15H16Cl2O3. The topological polar surface area (TPSA) is 43.4 Å². The molecule has 0 bridgehead atoms. The highest BCUT2D eigenvalue weighted by Crippen LogP contribution is 2.27. The Balaban J connectivity index is 3.21. The Morgan fingerprint density at radius 3 is 2.30 bits per heavy atom. The molecule has 0 atom stereocenters. The molecule has 1 aromatic rings. The highest BCUT2D eigenvalue weighted by Gasteiger charge is 2.23. The van der Waals surface area contributed by atoms with Gasteiger partial charge in [-0.2, -0.15) is 0 Å². The van der Waals surface area contributed by atoms with Gasteiger partial charge in [0.15, 0.2) is 5.78 Å². The third-order valence-electron chi connectivity index (χ3n) is 2.28. The zero-order valence-electron chi connectivity index (χ0n) is 11.8. The standard InChI is InChI=1S/C15H16Cl2O3/c1-9(18)11(14(19)20-15(2,3)4)8-10-6-5-7-12(16)13(10)17/h5-8H,1-4H3/b11-8-. The normalized spacial score (nSPS) is 12.2. The molecule has 0 radical (unpaired) electrons. The van der Waals surface area contributed by atoms with E-state index in [0.29, 0.717) is 10.6 Å². The van der Waals surface area contributed by atoms with Crippen molar-refractivity contribution >= 4 is 41.0 Å². The third kappa shape index (κ3) is 4.66. The van der Waals surface area contributed by atoms with E-state index in [-0.39, 0.29) is 10.6 Å². The van der Waals surface area contributed by atoms with Gasteiger partial charge in [0.25, 0.3) is 0 Å². The molecule has 0 fully saturated rings. The lowest BCUT2D eigenvalue weighted by atomic mass is 10.1. The lowest BCUT2D eigenvalue weighted by Gasteiger charge is -2.20. The number of rotatable bonds is 3. The number of hydrogen-bond acceptors (Lipinski definition) is 3. The molecule has 0 spiro atoms. The summed E-state index contributed by atoms with van der Waals surface area (Å²) in [5.74, 6) is -1.07. The number of Topliss-reactive ketones (excluding diaryl/α,β-unsaturated/α-hetero) is 1. The molecule has 20 heavy (non-hydrogen) atoms. The molecule has 1 aromatic carbocycles. The molecule has 0 heterocycles. The molecule has 0 N–H and O–H groups in total. The van der Waals surface area contributed by atoms with Crippen LogP contribution in [0, 0.1) is 0 Å². The molecule has 0 unspecified atom stereocenters. The van der Waals surface area contributed by atoms with Gasteiger partial charge in [0.05, 0.1) is 10.0 Å². The lowest BCUT2D eigenvalue weighted by Crippen LogP contribution is -2.26. The second-order valence-corrected chi connectivity index (χ2v) is 6.04. The van der Waals surface area contributed by atoms with E-state index in [1.54, 1.807) is 39.0 Å². The SMILES string of the molecule is CC(=O)/C(=C/c1cccc(Cl)c1Cl)C(=O)OC(C)(C)C. The molecule has 0 amide bonds. The average Bonchev–Trinajstić information content (AvgIpc) is 2.28. The van der Waals surface area contributed by atoms with Gasteiger partial charge in [-0.3, -0.25) is 4.79 Å². The van der Waals surface area contributed by atoms with Crippen LogP contribution in [0.3, 0.4) is 0 Å². The second-order valence-electron chi connectivity index (χ2n) is 5.26. The Bertz CT molecular complexity index is 569. The van der Waals surface area contributed by atoms with Crippen molar-refractivity contribution in [3.8, 4) is 0 Å². The Kier molecular flexibility index (Phi) is 5.37. The summed E-state index contributed by atoms with van der Waals surface area (Å²) >= 11 is 11.9. The van der Waals surface area contributed by atoms with Gasteiger partial charge >= 0.3 is 5.97 Å². The van der Waals surface area contributed by atoms with Crippen molar-refractivity contribution in [3.05, 3.63) is 39.4 Å². The highest BCUT2D eigenvalue weighted by atomic mass is 35.5. The van der Waals surface area contributed by atoms with E-state index >= 15 is 0 Å². The van der Waals surface area contributed by atoms with Gasteiger partial charge in [-0.25, -0.2) is 4.79 Å². The van der Waals surface area contributed by atoms with Crippen molar-refractivity contribution in [2.24, 2.45) is 0 Å². The second kappa shape index (κ2) is 6.42. The fraction of sp³-hybridized carbons (Fsp3) is 0.333. The third-order valence-corrected chi connectivity index (χ3v) is 3.11. The van der Waals surface area contributed by atoms with Crippen LogP contribution in [0.15, 0.2) is 23.8 Å². The number of benzene rings is 1. The van der Waals surface area contributed by atoms with E-state index in [2.05, 4.69) is 0 Å². The summed E-state index contributed by atoms with van der Waals surface area (Å²) in [5.41, 5.74) is -0.247. The molecule has 0 aliphatic carbocycles. The molecule has 0 aliphatic rings. The van der Waals surface area contributed by atoms with Crippen LogP contribution >= 0.6 is 23.2 Å². The Labute approximate surface area is 128 Å². The molecule has 0 aliphatic heterocycles. The largest absolute Gasteiger partial charge is 0.456 e. The molecule has 5 heteroatoms. The first-order chi connectivity index (χ1) is 9.11. The number of carbonyl (C=O) groups excluding carboxylic acids is 2. The fourth-order valence-corrected chi connectivity index (χ4v) is 1.79. The monoisotopic (exact) mass is 314 g/mol. The van der Waals surface area contributed by atoms with Gasteiger partial charge in [0.2, 0.25) is 0 Å². The highest BCUT2D eigenvalue weighted by molar-refractivity contribution is 6.43. The van der Waals surface area contributed by atoms with Crippen LogP contribution in [0.1, 0.15) is 33.3 Å². The number of esters is 1. The zero-order chi connectivity index (χ0) is 15.5. The van der Waals surface area contributed by atoms with Gasteiger partial charge in [0, 0.05) is 0 Å². The first-order valence-corrected chi connectivity index (χ1v) is 6.77. The van der Waals surface area contributed by atoms with E-state index in [1.807, 2.05) is 0 Å². The van der Waals surface area contributed by atoms with E-state index < -0.39 is 17.4 Å². The van der Waals surface area contributed by atoms with Gasteiger partial charge in [-0.15, -0.1) is 0 Å². The summed E-state index contributed by atoms with van der Waals surface area (Å²) in [6.45, 7) is 6.49. The van der Waals surface area contributed by atoms with Gasteiger partial charge < -0.3 is 4.74 Å². The number of halogens is 2. The van der Waals surface area contributed by atoms with Crippen LogP contribution in [0.2, 0.25) is 10.0 Å². The van der Waals surface area contributed by atoms with Gasteiger partial charge in [0.1, 0.15) is 11.2 Å². The molecule has 108 valence electrons. The van der Waals surface area contributed by atoms with Crippen molar-refractivity contribution in [3.63, 3.8) is 0 Å². The molecule has 0 aromatic heterocycles. The summed E-state index contributed by atoms with van der Waals surface area (Å²) in [5, 5.41) is 0.643. The van der Waals surface area contributed by atoms with Crippen LogP contribution in [-0.4, -0.2) is 17.4 Å². The van der Waals surface area contributed by atoms with Crippen molar-refractivity contribution in [1.82, 2.24) is 0 Å². The Hall–Kier alpha value is -1.32. The molecule has 1 rings (SSSR count). The lowest BCUT2D eigenvalue weighted by molar-refractivity contribution is -0.150. The van der Waals surface area contributed by atoms with Crippen LogP contribution in [0.4, 0.5) is 0 Å². The summed E-state index contributed by atoms with van der Waals surface area (Å²) in [6, 6.07) is 4.98. The molecule has 0 saturated carbocycles. The smallest absolute Gasteiger partial charge is 0.342 e. The number of ketones is 1. The summed E-state index contributed by atoms with van der Waals surface area (Å²) in [4.78, 5) is 23.6. The summed E-state index contributed by atoms with van der Waals surface area (Å²) in [6.07, 6.45) is 1.39. The van der Waals surface area contributed by atoms with Crippen LogP contribution in [0.25, 0.3) is 6.08 Å². The Morgan fingerprint density at radius 2 is 1.80 bits per heavy atom. The van der Waals surface area contributed by atoms with Crippen LogP contribution in [0.5, 0.6) is 0 Å². The summed E-state index contributed by atoms with van der Waals surface area (Å²) < 4.78 is 5.20. The van der Waals surface area contributed by atoms with E-state index in [1.165, 1.54) is 13.0 Å². The number of carbonyl (C=O) groups is 2. The van der Waals surface area contributed by atoms with Crippen molar-refractivity contribution in [1.29, 1.82) is 0 Å². The maximum absolute atomic E-state index is 12.0. The maximum Gasteiger partial charge on any atom is 0.342 e. The minimum absolute atomic E-state index is 0.0657. The maximum atomic E-state index is 12.0. The van der Waals surface area contributed by atoms with Gasteiger partial charge in [-0.1, -0.05) is 35.3 Å². The average molecular weight is 315 g/mol. The molecule has 0 saturated heterocycles. The van der Waals surface area contributed by atoms with E-state index in [0.717, 1.165) is 0 Å². The summed E-state index contributed by atoms with van der Waals surface area (Å²) in [7, 11) is 0. The number of ether oxygens (including phenoxy) is 1. The van der Waals surface area contributed by atoms with Gasteiger partial charge in [-0.05, 0) is 45.4 Å². The fourth-order valence-electron chi connectivity index (χ4n) is 1.42. The molecule has 3 nitrogen and oxygen atoms in total. The van der Waals surface area contributed by atoms with E-state index in [4.69, 9.17) is 27.9 Å². The van der Waals surface area contributed by atoms with Crippen LogP contribution < -0.4 is 0 Å². The minimum Gasteiger partial charge on any atom is -0.456 e. The predicted octanol–water partition coefficient (Wildman–Crippen LogP) is 4.31. The van der Waals surface area contributed by atoms with Crippen LogP contribution in [-0.2, 0) is 14.3 Å². The predicted molar refractivity (Wildman–Crippen MR) is 81.0 cm³/mol. The quantitative estimate of drug-likeness (QED) is 0.361. The Morgan fingerprint density at radius 1 is 1.20 bits per heavy atom. The van der Waals surface area contributed by atoms with E-state index in [9.17, 15) is 9.59 Å². The zero-order valence-corrected chi connectivity index (χ0v) is 13.3.